The number of alkyl halides is 1. The average Bonchev–Trinajstić information content (AvgIpc) is 2.27. The van der Waals surface area contributed by atoms with E-state index in [1.807, 2.05) is 14.0 Å². The van der Waals surface area contributed by atoms with Gasteiger partial charge in [-0.25, -0.2) is 0 Å². The molecule has 1 unspecified atom stereocenters. The third-order valence-corrected chi connectivity index (χ3v) is 3.35. The van der Waals surface area contributed by atoms with Gasteiger partial charge in [-0.2, -0.15) is 0 Å². The fourth-order valence-corrected chi connectivity index (χ4v) is 2.12. The van der Waals surface area contributed by atoms with E-state index in [1.54, 1.807) is 4.90 Å². The monoisotopic (exact) mass is 311 g/mol. The number of carbonyl (C=O) groups excluding carboxylic acids is 1. The Balaban J connectivity index is 2.73. The van der Waals surface area contributed by atoms with Gasteiger partial charge >= 0.3 is 0 Å². The highest BCUT2D eigenvalue weighted by Gasteiger charge is 2.16. The topological polar surface area (TPSA) is 20.3 Å². The van der Waals surface area contributed by atoms with Crippen LogP contribution in [0.1, 0.15) is 38.8 Å². The summed E-state index contributed by atoms with van der Waals surface area (Å²) in [7, 11) is 1.83. The van der Waals surface area contributed by atoms with E-state index >= 15 is 0 Å². The minimum Gasteiger partial charge on any atom is -0.340 e. The highest BCUT2D eigenvalue weighted by molar-refractivity contribution is 9.10. The van der Waals surface area contributed by atoms with Crippen LogP contribution in [0.15, 0.2) is 24.3 Å². The van der Waals surface area contributed by atoms with Crippen LogP contribution in [-0.4, -0.2) is 22.7 Å². The lowest BCUT2D eigenvalue weighted by Crippen LogP contribution is -2.31. The van der Waals surface area contributed by atoms with Gasteiger partial charge in [0.2, 0.25) is 5.91 Å². The van der Waals surface area contributed by atoms with Crippen molar-refractivity contribution < 1.29 is 4.79 Å². The summed E-state index contributed by atoms with van der Waals surface area (Å²) in [6.07, 6.45) is 0. The van der Waals surface area contributed by atoms with Crippen molar-refractivity contribution in [3.05, 3.63) is 35.4 Å². The van der Waals surface area contributed by atoms with Crippen molar-refractivity contribution in [2.45, 2.75) is 44.5 Å². The summed E-state index contributed by atoms with van der Waals surface area (Å²) >= 11 is 3.30. The first kappa shape index (κ1) is 15.2. The standard InChI is InChI=1S/C15H22BrNO/c1-11(16)14(18)17(5)10-12-6-8-13(9-7-12)15(2,3)4/h6-9,11H,10H2,1-5H3. The molecule has 0 saturated carbocycles. The minimum atomic E-state index is -0.128. The van der Waals surface area contributed by atoms with Crippen molar-refractivity contribution in [3.63, 3.8) is 0 Å². The predicted octanol–water partition coefficient (Wildman–Crippen LogP) is 3.73. The number of carbonyl (C=O) groups is 1. The van der Waals surface area contributed by atoms with Gasteiger partial charge in [0.15, 0.2) is 0 Å². The first-order valence-electron chi connectivity index (χ1n) is 6.20. The molecule has 100 valence electrons. The van der Waals surface area contributed by atoms with Crippen LogP contribution in [0.4, 0.5) is 0 Å². The Bertz CT molecular complexity index is 403. The van der Waals surface area contributed by atoms with E-state index in [2.05, 4.69) is 61.0 Å². The molecule has 1 aromatic rings. The zero-order valence-electron chi connectivity index (χ0n) is 11.8. The normalized spacial score (nSPS) is 13.2. The molecule has 1 rings (SSSR count). The second-order valence-electron chi connectivity index (χ2n) is 5.76. The predicted molar refractivity (Wildman–Crippen MR) is 80.0 cm³/mol. The largest absolute Gasteiger partial charge is 0.340 e. The van der Waals surface area contributed by atoms with Crippen molar-refractivity contribution in [2.24, 2.45) is 0 Å². The van der Waals surface area contributed by atoms with E-state index in [9.17, 15) is 4.79 Å². The van der Waals surface area contributed by atoms with Gasteiger partial charge in [0.1, 0.15) is 0 Å². The molecular formula is C15H22BrNO. The molecule has 0 spiro atoms. The van der Waals surface area contributed by atoms with Gasteiger partial charge in [-0.15, -0.1) is 0 Å². The zero-order valence-corrected chi connectivity index (χ0v) is 13.4. The number of hydrogen-bond acceptors (Lipinski definition) is 1. The van der Waals surface area contributed by atoms with E-state index < -0.39 is 0 Å². The van der Waals surface area contributed by atoms with Crippen LogP contribution in [0.5, 0.6) is 0 Å². The van der Waals surface area contributed by atoms with E-state index in [4.69, 9.17) is 0 Å². The molecule has 3 heteroatoms. The van der Waals surface area contributed by atoms with E-state index in [0.29, 0.717) is 6.54 Å². The van der Waals surface area contributed by atoms with Crippen LogP contribution in [0.2, 0.25) is 0 Å². The molecule has 0 radical (unpaired) electrons. The molecule has 0 aliphatic rings. The highest BCUT2D eigenvalue weighted by atomic mass is 79.9. The van der Waals surface area contributed by atoms with Gasteiger partial charge in [-0.05, 0) is 23.5 Å². The first-order chi connectivity index (χ1) is 8.21. The van der Waals surface area contributed by atoms with E-state index in [1.165, 1.54) is 5.56 Å². The van der Waals surface area contributed by atoms with Crippen molar-refractivity contribution in [3.8, 4) is 0 Å². The molecule has 0 aliphatic carbocycles. The zero-order chi connectivity index (χ0) is 13.9. The van der Waals surface area contributed by atoms with Crippen molar-refractivity contribution in [2.75, 3.05) is 7.05 Å². The molecule has 0 saturated heterocycles. The fourth-order valence-electron chi connectivity index (χ4n) is 1.77. The van der Waals surface area contributed by atoms with Crippen LogP contribution in [0, 0.1) is 0 Å². The maximum atomic E-state index is 11.8. The number of hydrogen-bond donors (Lipinski definition) is 0. The Morgan fingerprint density at radius 1 is 1.28 bits per heavy atom. The molecule has 0 aromatic heterocycles. The Morgan fingerprint density at radius 2 is 1.78 bits per heavy atom. The Morgan fingerprint density at radius 3 is 2.17 bits per heavy atom. The maximum Gasteiger partial charge on any atom is 0.236 e. The highest BCUT2D eigenvalue weighted by Crippen LogP contribution is 2.22. The molecule has 2 nitrogen and oxygen atoms in total. The van der Waals surface area contributed by atoms with Crippen LogP contribution < -0.4 is 0 Å². The lowest BCUT2D eigenvalue weighted by atomic mass is 9.87. The fraction of sp³-hybridized carbons (Fsp3) is 0.533. The second-order valence-corrected chi connectivity index (χ2v) is 7.13. The van der Waals surface area contributed by atoms with Gasteiger partial charge in [0, 0.05) is 13.6 Å². The lowest BCUT2D eigenvalue weighted by molar-refractivity contribution is -0.129. The van der Waals surface area contributed by atoms with Crippen molar-refractivity contribution in [1.82, 2.24) is 4.90 Å². The van der Waals surface area contributed by atoms with Gasteiger partial charge in [0.05, 0.1) is 4.83 Å². The Labute approximate surface area is 119 Å². The van der Waals surface area contributed by atoms with E-state index in [-0.39, 0.29) is 16.1 Å². The molecule has 1 amide bonds. The van der Waals surface area contributed by atoms with E-state index in [0.717, 1.165) is 5.56 Å². The third kappa shape index (κ3) is 4.13. The number of rotatable bonds is 3. The van der Waals surface area contributed by atoms with Gasteiger partial charge in [-0.3, -0.25) is 4.79 Å². The summed E-state index contributed by atoms with van der Waals surface area (Å²) < 4.78 is 0. The number of benzene rings is 1. The summed E-state index contributed by atoms with van der Waals surface area (Å²) in [6.45, 7) is 9.10. The summed E-state index contributed by atoms with van der Waals surface area (Å²) in [5.41, 5.74) is 2.64. The molecule has 0 bridgehead atoms. The molecule has 0 N–H and O–H groups in total. The summed E-state index contributed by atoms with van der Waals surface area (Å²) in [4.78, 5) is 13.4. The first-order valence-corrected chi connectivity index (χ1v) is 7.12. The number of amides is 1. The number of halogens is 1. The van der Waals surface area contributed by atoms with Crippen LogP contribution in [0.3, 0.4) is 0 Å². The molecule has 1 atom stereocenters. The molecule has 0 aliphatic heterocycles. The lowest BCUT2D eigenvalue weighted by Gasteiger charge is -2.21. The summed E-state index contributed by atoms with van der Waals surface area (Å²) in [6, 6.07) is 8.49. The van der Waals surface area contributed by atoms with Gasteiger partial charge < -0.3 is 4.90 Å². The van der Waals surface area contributed by atoms with Crippen molar-refractivity contribution in [1.29, 1.82) is 0 Å². The van der Waals surface area contributed by atoms with Gasteiger partial charge in [-0.1, -0.05) is 61.0 Å². The molecular weight excluding hydrogens is 290 g/mol. The second kappa shape index (κ2) is 5.87. The van der Waals surface area contributed by atoms with Crippen molar-refractivity contribution >= 4 is 21.8 Å². The Hall–Kier alpha value is -0.830. The molecule has 18 heavy (non-hydrogen) atoms. The quantitative estimate of drug-likeness (QED) is 0.779. The maximum absolute atomic E-state index is 11.8. The SMILES string of the molecule is CC(Br)C(=O)N(C)Cc1ccc(C(C)(C)C)cc1. The molecule has 0 heterocycles. The summed E-state index contributed by atoms with van der Waals surface area (Å²) in [5, 5.41) is 0. The third-order valence-electron chi connectivity index (χ3n) is 2.96. The summed E-state index contributed by atoms with van der Waals surface area (Å²) in [5.74, 6) is 0.106. The van der Waals surface area contributed by atoms with Gasteiger partial charge in [0.25, 0.3) is 0 Å². The number of nitrogens with zero attached hydrogens (tertiary/aromatic N) is 1. The van der Waals surface area contributed by atoms with Crippen LogP contribution >= 0.6 is 15.9 Å². The molecule has 0 fully saturated rings. The smallest absolute Gasteiger partial charge is 0.236 e. The van der Waals surface area contributed by atoms with Crippen LogP contribution in [0.25, 0.3) is 0 Å². The Kier molecular flexibility index (Phi) is 4.97. The minimum absolute atomic E-state index is 0.106. The molecule has 1 aromatic carbocycles. The van der Waals surface area contributed by atoms with Crippen LogP contribution in [-0.2, 0) is 16.8 Å². The average molecular weight is 312 g/mol.